The van der Waals surface area contributed by atoms with E-state index >= 15 is 0 Å². The Labute approximate surface area is 227 Å². The van der Waals surface area contributed by atoms with Crippen molar-refractivity contribution >= 4 is 46.3 Å². The number of hydrazone groups is 1. The first-order valence-electron chi connectivity index (χ1n) is 12.4. The molecule has 1 spiro atoms. The number of carbonyl (C=O) groups is 1. The Hall–Kier alpha value is -3.04. The number of nitrogens with one attached hydrogen (secondary N) is 2. The first-order chi connectivity index (χ1) is 17.8. The molecule has 0 unspecified atom stereocenters. The molecule has 0 radical (unpaired) electrons. The lowest BCUT2D eigenvalue weighted by Gasteiger charge is -2.41. The summed E-state index contributed by atoms with van der Waals surface area (Å²) in [4.78, 5) is 11.7. The van der Waals surface area contributed by atoms with E-state index in [1.807, 2.05) is 25.1 Å². The maximum Gasteiger partial charge on any atom is 0.344 e. The van der Waals surface area contributed by atoms with Gasteiger partial charge in [0.15, 0.2) is 11.7 Å². The van der Waals surface area contributed by atoms with Crippen LogP contribution in [0.3, 0.4) is 0 Å². The van der Waals surface area contributed by atoms with Crippen molar-refractivity contribution < 1.29 is 23.7 Å². The Morgan fingerprint density at radius 3 is 2.73 bits per heavy atom. The predicted octanol–water partition coefficient (Wildman–Crippen LogP) is 5.78. The van der Waals surface area contributed by atoms with Crippen LogP contribution in [-0.4, -0.2) is 42.7 Å². The van der Waals surface area contributed by atoms with Crippen LogP contribution in [0.2, 0.25) is 5.02 Å². The summed E-state index contributed by atoms with van der Waals surface area (Å²) in [5, 5.41) is 8.77. The number of hydrogen-bond acceptors (Lipinski definition) is 7. The summed E-state index contributed by atoms with van der Waals surface area (Å²) in [6.45, 7) is 3.81. The van der Waals surface area contributed by atoms with Crippen molar-refractivity contribution in [1.29, 1.82) is 0 Å². The zero-order valence-corrected chi connectivity index (χ0v) is 22.9. The van der Waals surface area contributed by atoms with Crippen molar-refractivity contribution in [3.63, 3.8) is 0 Å². The van der Waals surface area contributed by atoms with Gasteiger partial charge in [0.05, 0.1) is 25.1 Å². The molecule has 2 aromatic rings. The Morgan fingerprint density at radius 2 is 2.00 bits per heavy atom. The molecule has 1 aliphatic heterocycles. The van der Waals surface area contributed by atoms with Gasteiger partial charge in [0, 0.05) is 23.1 Å². The number of thiocarbonyl (C=S) groups is 1. The molecule has 0 amide bonds. The maximum atomic E-state index is 11.7. The number of ether oxygens (including phenoxy) is 4. The smallest absolute Gasteiger partial charge is 0.344 e. The summed E-state index contributed by atoms with van der Waals surface area (Å²) in [5.74, 6) is 1.43. The third-order valence-electron chi connectivity index (χ3n) is 6.53. The van der Waals surface area contributed by atoms with E-state index in [0.29, 0.717) is 40.3 Å². The Morgan fingerprint density at radius 1 is 1.22 bits per heavy atom. The molecule has 198 valence electrons. The van der Waals surface area contributed by atoms with Crippen LogP contribution in [0.1, 0.15) is 56.6 Å². The van der Waals surface area contributed by atoms with Crippen LogP contribution in [0.15, 0.2) is 35.4 Å². The molecule has 1 saturated carbocycles. The lowest BCUT2D eigenvalue weighted by atomic mass is 9.78. The van der Waals surface area contributed by atoms with Gasteiger partial charge in [0.25, 0.3) is 0 Å². The van der Waals surface area contributed by atoms with E-state index in [0.717, 1.165) is 48.3 Å². The summed E-state index contributed by atoms with van der Waals surface area (Å²) >= 11 is 11.8. The highest BCUT2D eigenvalue weighted by molar-refractivity contribution is 7.80. The van der Waals surface area contributed by atoms with Gasteiger partial charge in [-0.25, -0.2) is 4.79 Å². The van der Waals surface area contributed by atoms with Crippen molar-refractivity contribution in [2.24, 2.45) is 5.10 Å². The Bertz CT molecular complexity index is 1200. The van der Waals surface area contributed by atoms with Crippen molar-refractivity contribution in [3.8, 4) is 17.2 Å². The first-order valence-corrected chi connectivity index (χ1v) is 13.2. The zero-order valence-electron chi connectivity index (χ0n) is 21.3. The third kappa shape index (κ3) is 6.64. The minimum absolute atomic E-state index is 0.168. The van der Waals surface area contributed by atoms with E-state index < -0.39 is 5.97 Å². The van der Waals surface area contributed by atoms with Crippen LogP contribution in [0.25, 0.3) is 0 Å². The van der Waals surface area contributed by atoms with Gasteiger partial charge in [-0.15, -0.1) is 0 Å². The highest BCUT2D eigenvalue weighted by atomic mass is 35.5. The van der Waals surface area contributed by atoms with Crippen LogP contribution in [-0.2, 0) is 9.53 Å². The average molecular weight is 546 g/mol. The molecule has 37 heavy (non-hydrogen) atoms. The van der Waals surface area contributed by atoms with E-state index in [2.05, 4.69) is 10.7 Å². The van der Waals surface area contributed by atoms with Crippen molar-refractivity contribution in [1.82, 2.24) is 5.43 Å². The van der Waals surface area contributed by atoms with Crippen LogP contribution < -0.4 is 25.0 Å². The largest absolute Gasteiger partial charge is 0.495 e. The fourth-order valence-electron chi connectivity index (χ4n) is 4.70. The van der Waals surface area contributed by atoms with Crippen LogP contribution >= 0.6 is 23.8 Å². The molecule has 0 bridgehead atoms. The maximum absolute atomic E-state index is 11.7. The topological polar surface area (TPSA) is 90.4 Å². The molecule has 2 aliphatic rings. The molecule has 10 heteroatoms. The lowest BCUT2D eigenvalue weighted by Crippen LogP contribution is -2.44. The molecular formula is C27H32ClN3O5S. The molecule has 0 saturated heterocycles. The molecule has 2 N–H and O–H groups in total. The monoisotopic (exact) mass is 545 g/mol. The first kappa shape index (κ1) is 27.0. The number of aryl methyl sites for hydroxylation is 1. The fourth-order valence-corrected chi connectivity index (χ4v) is 5.01. The van der Waals surface area contributed by atoms with E-state index in [1.54, 1.807) is 26.2 Å². The quantitative estimate of drug-likeness (QED) is 0.257. The highest BCUT2D eigenvalue weighted by Crippen LogP contribution is 2.43. The minimum atomic E-state index is -0.419. The SMILES string of the molecule is CCOC(=O)COc1ccc2c(c1)/C(=N/NC(=S)Nc1cc(C)c(Cl)cc1OC)CC1(CCCCC1)O2. The van der Waals surface area contributed by atoms with Crippen molar-refractivity contribution in [2.75, 3.05) is 25.6 Å². The van der Waals surface area contributed by atoms with Gasteiger partial charge in [-0.2, -0.15) is 5.10 Å². The number of fused-ring (bicyclic) bond motifs is 1. The normalized spacial score (nSPS) is 16.9. The summed E-state index contributed by atoms with van der Waals surface area (Å²) in [7, 11) is 1.58. The van der Waals surface area contributed by atoms with Crippen molar-refractivity contribution in [2.45, 2.75) is 58.0 Å². The summed E-state index contributed by atoms with van der Waals surface area (Å²) in [6.07, 6.45) is 6.02. The molecule has 1 fully saturated rings. The number of methoxy groups -OCH3 is 1. The number of esters is 1. The van der Waals surface area contributed by atoms with E-state index in [-0.39, 0.29) is 12.2 Å². The molecule has 2 aromatic carbocycles. The molecule has 0 atom stereocenters. The molecular weight excluding hydrogens is 514 g/mol. The van der Waals surface area contributed by atoms with E-state index in [9.17, 15) is 4.79 Å². The fraction of sp³-hybridized carbons (Fsp3) is 0.444. The number of nitrogens with zero attached hydrogens (tertiary/aromatic N) is 1. The van der Waals surface area contributed by atoms with Crippen LogP contribution in [0.5, 0.6) is 17.2 Å². The number of rotatable bonds is 7. The number of anilines is 1. The van der Waals surface area contributed by atoms with E-state index in [4.69, 9.17) is 47.9 Å². The second-order valence-electron chi connectivity index (χ2n) is 9.20. The third-order valence-corrected chi connectivity index (χ3v) is 7.13. The standard InChI is InChI=1S/C27H32ClN3O5S/c1-4-34-25(32)16-35-18-8-9-23-19(13-18)22(15-27(36-23)10-6-5-7-11-27)30-31-26(37)29-21-12-17(2)20(28)14-24(21)33-3/h8-9,12-14H,4-7,10-11,15-16H2,1-3H3,(H2,29,31,37)/b30-22+. The van der Waals surface area contributed by atoms with Gasteiger partial charge in [0.1, 0.15) is 22.8 Å². The Balaban J connectivity index is 1.56. The van der Waals surface area contributed by atoms with Gasteiger partial charge in [-0.3, -0.25) is 5.43 Å². The van der Waals surface area contributed by atoms with Gasteiger partial charge < -0.3 is 24.3 Å². The molecule has 1 aliphatic carbocycles. The Kier molecular flexibility index (Phi) is 8.76. The van der Waals surface area contributed by atoms with Gasteiger partial charge in [-0.1, -0.05) is 18.0 Å². The minimum Gasteiger partial charge on any atom is -0.495 e. The molecule has 4 rings (SSSR count). The van der Waals surface area contributed by atoms with Crippen LogP contribution in [0.4, 0.5) is 5.69 Å². The zero-order chi connectivity index (χ0) is 26.4. The summed E-state index contributed by atoms with van der Waals surface area (Å²) in [6, 6.07) is 9.13. The molecule has 1 heterocycles. The number of carbonyl (C=O) groups excluding carboxylic acids is 1. The number of halogens is 1. The van der Waals surface area contributed by atoms with Crippen molar-refractivity contribution in [3.05, 3.63) is 46.5 Å². The van der Waals surface area contributed by atoms with Gasteiger partial charge in [0.2, 0.25) is 0 Å². The highest BCUT2D eigenvalue weighted by Gasteiger charge is 2.40. The second kappa shape index (κ2) is 12.0. The predicted molar refractivity (Wildman–Crippen MR) is 148 cm³/mol. The molecule has 8 nitrogen and oxygen atoms in total. The second-order valence-corrected chi connectivity index (χ2v) is 10.0. The summed E-state index contributed by atoms with van der Waals surface area (Å²) in [5.41, 5.74) is 5.89. The molecule has 0 aromatic heterocycles. The van der Waals surface area contributed by atoms with Crippen LogP contribution in [0, 0.1) is 6.92 Å². The lowest BCUT2D eigenvalue weighted by molar-refractivity contribution is -0.145. The van der Waals surface area contributed by atoms with Gasteiger partial charge in [-0.05, 0) is 81.6 Å². The average Bonchev–Trinajstić information content (AvgIpc) is 2.88. The van der Waals surface area contributed by atoms with E-state index in [1.165, 1.54) is 6.42 Å². The number of hydrogen-bond donors (Lipinski definition) is 2. The number of benzene rings is 2. The summed E-state index contributed by atoms with van der Waals surface area (Å²) < 4.78 is 22.6. The van der Waals surface area contributed by atoms with Gasteiger partial charge >= 0.3 is 5.97 Å².